The van der Waals surface area contributed by atoms with Crippen molar-refractivity contribution >= 4 is 0 Å². The standard InChI is InChI=1S/C15H23NO/c1-13(16-12-15-8-5-11-17-15)9-10-14-6-3-2-4-7-14/h5,8-11,13-14,16H,2-4,6-7,12H2,1H3/b10-9+/t13-/m0/s1. The molecular weight excluding hydrogens is 210 g/mol. The van der Waals surface area contributed by atoms with E-state index in [0.717, 1.165) is 18.2 Å². The Balaban J connectivity index is 1.68. The van der Waals surface area contributed by atoms with Gasteiger partial charge in [-0.25, -0.2) is 0 Å². The first kappa shape index (κ1) is 12.4. The Bertz CT molecular complexity index is 323. The predicted molar refractivity (Wildman–Crippen MR) is 70.7 cm³/mol. The molecule has 0 bridgehead atoms. The fourth-order valence-electron chi connectivity index (χ4n) is 2.39. The Morgan fingerprint density at radius 3 is 2.94 bits per heavy atom. The second-order valence-electron chi connectivity index (χ2n) is 5.03. The molecule has 2 nitrogen and oxygen atoms in total. The van der Waals surface area contributed by atoms with Crippen LogP contribution in [0.3, 0.4) is 0 Å². The van der Waals surface area contributed by atoms with Crippen molar-refractivity contribution in [3.05, 3.63) is 36.3 Å². The van der Waals surface area contributed by atoms with E-state index in [0.29, 0.717) is 6.04 Å². The number of rotatable bonds is 5. The summed E-state index contributed by atoms with van der Waals surface area (Å²) in [4.78, 5) is 0. The molecule has 2 heteroatoms. The molecular formula is C15H23NO. The van der Waals surface area contributed by atoms with E-state index in [1.54, 1.807) is 6.26 Å². The summed E-state index contributed by atoms with van der Waals surface area (Å²) < 4.78 is 5.29. The highest BCUT2D eigenvalue weighted by molar-refractivity contribution is 5.00. The van der Waals surface area contributed by atoms with Gasteiger partial charge in [-0.3, -0.25) is 0 Å². The van der Waals surface area contributed by atoms with Gasteiger partial charge in [0.1, 0.15) is 5.76 Å². The van der Waals surface area contributed by atoms with E-state index in [4.69, 9.17) is 4.42 Å². The lowest BCUT2D eigenvalue weighted by atomic mass is 9.89. The molecule has 0 amide bonds. The highest BCUT2D eigenvalue weighted by Gasteiger charge is 2.10. The van der Waals surface area contributed by atoms with Crippen molar-refractivity contribution in [3.8, 4) is 0 Å². The van der Waals surface area contributed by atoms with Crippen molar-refractivity contribution in [2.45, 2.75) is 51.6 Å². The zero-order chi connectivity index (χ0) is 11.9. The van der Waals surface area contributed by atoms with Crippen LogP contribution in [0, 0.1) is 5.92 Å². The Morgan fingerprint density at radius 1 is 1.41 bits per heavy atom. The van der Waals surface area contributed by atoms with E-state index in [1.165, 1.54) is 32.1 Å². The summed E-state index contributed by atoms with van der Waals surface area (Å²) in [6.07, 6.45) is 13.4. The lowest BCUT2D eigenvalue weighted by molar-refractivity contribution is 0.417. The minimum absolute atomic E-state index is 0.419. The molecule has 2 rings (SSSR count). The molecule has 1 aliphatic rings. The molecule has 1 N–H and O–H groups in total. The number of hydrogen-bond donors (Lipinski definition) is 1. The van der Waals surface area contributed by atoms with E-state index in [9.17, 15) is 0 Å². The van der Waals surface area contributed by atoms with Crippen molar-refractivity contribution in [2.75, 3.05) is 0 Å². The molecule has 0 saturated heterocycles. The molecule has 0 aromatic carbocycles. The Morgan fingerprint density at radius 2 is 2.24 bits per heavy atom. The van der Waals surface area contributed by atoms with Crippen molar-refractivity contribution in [2.24, 2.45) is 5.92 Å². The highest BCUT2D eigenvalue weighted by Crippen LogP contribution is 2.24. The zero-order valence-electron chi connectivity index (χ0n) is 10.7. The normalized spacial score (nSPS) is 19.8. The van der Waals surface area contributed by atoms with Gasteiger partial charge in [0.15, 0.2) is 0 Å². The Hall–Kier alpha value is -1.02. The highest BCUT2D eigenvalue weighted by atomic mass is 16.3. The predicted octanol–water partition coefficient (Wildman–Crippen LogP) is 3.89. The molecule has 1 atom stereocenters. The number of nitrogens with one attached hydrogen (secondary N) is 1. The van der Waals surface area contributed by atoms with Gasteiger partial charge in [0, 0.05) is 6.04 Å². The van der Waals surface area contributed by atoms with Crippen LogP contribution in [0.25, 0.3) is 0 Å². The smallest absolute Gasteiger partial charge is 0.117 e. The molecule has 1 saturated carbocycles. The van der Waals surface area contributed by atoms with E-state index < -0.39 is 0 Å². The third-order valence-electron chi connectivity index (χ3n) is 3.50. The molecule has 94 valence electrons. The summed E-state index contributed by atoms with van der Waals surface area (Å²) in [7, 11) is 0. The number of furan rings is 1. The first-order valence-corrected chi connectivity index (χ1v) is 6.78. The average molecular weight is 233 g/mol. The summed E-state index contributed by atoms with van der Waals surface area (Å²) in [5.41, 5.74) is 0. The van der Waals surface area contributed by atoms with Crippen LogP contribution >= 0.6 is 0 Å². The van der Waals surface area contributed by atoms with E-state index in [1.807, 2.05) is 12.1 Å². The van der Waals surface area contributed by atoms with Crippen LogP contribution in [0.15, 0.2) is 35.0 Å². The first-order valence-electron chi connectivity index (χ1n) is 6.78. The summed E-state index contributed by atoms with van der Waals surface area (Å²) in [5, 5.41) is 3.44. The lowest BCUT2D eigenvalue weighted by Crippen LogP contribution is -2.23. The maximum atomic E-state index is 5.29. The minimum atomic E-state index is 0.419. The van der Waals surface area contributed by atoms with Gasteiger partial charge in [0.05, 0.1) is 12.8 Å². The summed E-state index contributed by atoms with van der Waals surface area (Å²) >= 11 is 0. The maximum absolute atomic E-state index is 5.29. The molecule has 17 heavy (non-hydrogen) atoms. The maximum Gasteiger partial charge on any atom is 0.117 e. The van der Waals surface area contributed by atoms with Crippen LogP contribution in [0.4, 0.5) is 0 Å². The van der Waals surface area contributed by atoms with Crippen molar-refractivity contribution in [3.63, 3.8) is 0 Å². The SMILES string of the molecule is C[C@@H](/C=C/C1CCCCC1)NCc1ccco1. The molecule has 0 aliphatic heterocycles. The fourth-order valence-corrected chi connectivity index (χ4v) is 2.39. The summed E-state index contributed by atoms with van der Waals surface area (Å²) in [6, 6.07) is 4.35. The molecule has 1 heterocycles. The number of allylic oxidation sites excluding steroid dienone is 1. The number of hydrogen-bond acceptors (Lipinski definition) is 2. The summed E-state index contributed by atoms with van der Waals surface area (Å²) in [5.74, 6) is 1.82. The van der Waals surface area contributed by atoms with E-state index in [-0.39, 0.29) is 0 Å². The summed E-state index contributed by atoms with van der Waals surface area (Å²) in [6.45, 7) is 3.01. The quantitative estimate of drug-likeness (QED) is 0.780. The van der Waals surface area contributed by atoms with Gasteiger partial charge in [-0.05, 0) is 37.8 Å². The molecule has 0 radical (unpaired) electrons. The third-order valence-corrected chi connectivity index (χ3v) is 3.50. The molecule has 1 aromatic rings. The van der Waals surface area contributed by atoms with Gasteiger partial charge in [-0.2, -0.15) is 0 Å². The van der Waals surface area contributed by atoms with Gasteiger partial charge in [0.25, 0.3) is 0 Å². The molecule has 1 aromatic heterocycles. The van der Waals surface area contributed by atoms with Crippen molar-refractivity contribution in [1.29, 1.82) is 0 Å². The molecule has 0 spiro atoms. The van der Waals surface area contributed by atoms with E-state index >= 15 is 0 Å². The zero-order valence-corrected chi connectivity index (χ0v) is 10.7. The Labute approximate surface area is 104 Å². The largest absolute Gasteiger partial charge is 0.468 e. The monoisotopic (exact) mass is 233 g/mol. The van der Waals surface area contributed by atoms with Crippen LogP contribution in [0.5, 0.6) is 0 Å². The first-order chi connectivity index (χ1) is 8.34. The van der Waals surface area contributed by atoms with Crippen LogP contribution < -0.4 is 5.32 Å². The van der Waals surface area contributed by atoms with Gasteiger partial charge >= 0.3 is 0 Å². The average Bonchev–Trinajstić information content (AvgIpc) is 2.88. The van der Waals surface area contributed by atoms with Crippen LogP contribution in [-0.4, -0.2) is 6.04 Å². The van der Waals surface area contributed by atoms with Crippen molar-refractivity contribution < 1.29 is 4.42 Å². The minimum Gasteiger partial charge on any atom is -0.468 e. The third kappa shape index (κ3) is 4.39. The lowest BCUT2D eigenvalue weighted by Gasteiger charge is -2.18. The second kappa shape index (κ2) is 6.65. The van der Waals surface area contributed by atoms with Crippen molar-refractivity contribution in [1.82, 2.24) is 5.32 Å². The topological polar surface area (TPSA) is 25.2 Å². The molecule has 1 fully saturated rings. The van der Waals surface area contributed by atoms with Crippen LogP contribution in [0.1, 0.15) is 44.8 Å². The van der Waals surface area contributed by atoms with Gasteiger partial charge in [0.2, 0.25) is 0 Å². The van der Waals surface area contributed by atoms with Gasteiger partial charge in [-0.1, -0.05) is 31.4 Å². The molecule has 0 unspecified atom stereocenters. The Kier molecular flexibility index (Phi) is 4.87. The second-order valence-corrected chi connectivity index (χ2v) is 5.03. The van der Waals surface area contributed by atoms with Gasteiger partial charge in [-0.15, -0.1) is 0 Å². The van der Waals surface area contributed by atoms with E-state index in [2.05, 4.69) is 24.4 Å². The molecule has 1 aliphatic carbocycles. The van der Waals surface area contributed by atoms with Crippen LogP contribution in [-0.2, 0) is 6.54 Å². The van der Waals surface area contributed by atoms with Crippen LogP contribution in [0.2, 0.25) is 0 Å². The fraction of sp³-hybridized carbons (Fsp3) is 0.600. The van der Waals surface area contributed by atoms with Gasteiger partial charge < -0.3 is 9.73 Å².